The number of aliphatic carboxylic acids is 1. The molecule has 0 spiro atoms. The van der Waals surface area contributed by atoms with Crippen LogP contribution in [-0.2, 0) is 4.79 Å². The number of urea groups is 1. The van der Waals surface area contributed by atoms with E-state index >= 15 is 0 Å². The van der Waals surface area contributed by atoms with Crippen LogP contribution in [0.25, 0.3) is 0 Å². The van der Waals surface area contributed by atoms with Crippen LogP contribution in [0.3, 0.4) is 0 Å². The molecule has 1 N–H and O–H groups in total. The van der Waals surface area contributed by atoms with Gasteiger partial charge in [0.25, 0.3) is 0 Å². The predicted molar refractivity (Wildman–Crippen MR) is 69.5 cm³/mol. The van der Waals surface area contributed by atoms with Crippen LogP contribution in [0.1, 0.15) is 40.0 Å². The maximum Gasteiger partial charge on any atom is 0.320 e. The van der Waals surface area contributed by atoms with E-state index in [0.29, 0.717) is 18.5 Å². The first kappa shape index (κ1) is 14.8. The highest BCUT2D eigenvalue weighted by Crippen LogP contribution is 2.30. The fourth-order valence-corrected chi connectivity index (χ4v) is 2.12. The van der Waals surface area contributed by atoms with Crippen LogP contribution < -0.4 is 0 Å². The van der Waals surface area contributed by atoms with Gasteiger partial charge in [-0.1, -0.05) is 13.8 Å². The first-order chi connectivity index (χ1) is 8.35. The molecule has 0 aromatic carbocycles. The van der Waals surface area contributed by atoms with E-state index < -0.39 is 5.97 Å². The zero-order valence-corrected chi connectivity index (χ0v) is 11.6. The van der Waals surface area contributed by atoms with Crippen molar-refractivity contribution in [2.75, 3.05) is 26.2 Å². The summed E-state index contributed by atoms with van der Waals surface area (Å²) in [6.45, 7) is 8.72. The van der Waals surface area contributed by atoms with Gasteiger partial charge in [-0.25, -0.2) is 4.79 Å². The molecule has 0 bridgehead atoms. The number of carboxylic acids is 1. The Morgan fingerprint density at radius 2 is 1.83 bits per heavy atom. The number of carbonyl (C=O) groups excluding carboxylic acids is 1. The van der Waals surface area contributed by atoms with Crippen molar-refractivity contribution in [2.45, 2.75) is 40.0 Å². The van der Waals surface area contributed by atoms with Gasteiger partial charge in [0.05, 0.1) is 6.42 Å². The number of carbonyl (C=O) groups is 2. The third kappa shape index (κ3) is 4.20. The molecular weight excluding hydrogens is 232 g/mol. The molecule has 5 nitrogen and oxygen atoms in total. The summed E-state index contributed by atoms with van der Waals surface area (Å²) in [5, 5.41) is 8.67. The van der Waals surface area contributed by atoms with E-state index in [1.54, 1.807) is 4.90 Å². The average molecular weight is 256 g/mol. The van der Waals surface area contributed by atoms with Crippen LogP contribution in [0, 0.1) is 5.41 Å². The molecule has 1 rings (SSSR count). The van der Waals surface area contributed by atoms with Crippen LogP contribution in [0.4, 0.5) is 4.79 Å². The Bertz CT molecular complexity index is 305. The molecule has 1 aliphatic heterocycles. The molecular formula is C13H24N2O3. The number of likely N-dealkylation sites (tertiary alicyclic amines) is 1. The molecule has 1 saturated heterocycles. The number of amides is 2. The zero-order chi connectivity index (χ0) is 13.8. The highest BCUT2D eigenvalue weighted by Gasteiger charge is 2.29. The maximum absolute atomic E-state index is 12.2. The standard InChI is InChI=1S/C13H24N2O3/c1-4-14(8-5-11(16)17)12(18)15-9-6-13(2,3)7-10-15/h4-10H2,1-3H3,(H,16,17). The molecule has 1 heterocycles. The van der Waals surface area contributed by atoms with Gasteiger partial charge in [-0.05, 0) is 25.2 Å². The summed E-state index contributed by atoms with van der Waals surface area (Å²) in [7, 11) is 0. The summed E-state index contributed by atoms with van der Waals surface area (Å²) in [4.78, 5) is 26.2. The van der Waals surface area contributed by atoms with Crippen LogP contribution in [0.15, 0.2) is 0 Å². The van der Waals surface area contributed by atoms with E-state index in [2.05, 4.69) is 13.8 Å². The van der Waals surface area contributed by atoms with Gasteiger partial charge in [0.1, 0.15) is 0 Å². The van der Waals surface area contributed by atoms with Crippen molar-refractivity contribution in [3.05, 3.63) is 0 Å². The molecule has 0 aliphatic carbocycles. The summed E-state index contributed by atoms with van der Waals surface area (Å²) < 4.78 is 0. The second-order valence-electron chi connectivity index (χ2n) is 5.66. The predicted octanol–water partition coefficient (Wildman–Crippen LogP) is 2.02. The minimum atomic E-state index is -0.860. The molecule has 5 heteroatoms. The molecule has 18 heavy (non-hydrogen) atoms. The van der Waals surface area contributed by atoms with Gasteiger partial charge in [-0.2, -0.15) is 0 Å². The average Bonchev–Trinajstić information content (AvgIpc) is 2.29. The maximum atomic E-state index is 12.2. The quantitative estimate of drug-likeness (QED) is 0.837. The Morgan fingerprint density at radius 1 is 1.28 bits per heavy atom. The Balaban J connectivity index is 2.49. The third-order valence-corrected chi connectivity index (χ3v) is 3.64. The number of carboxylic acid groups (broad SMARTS) is 1. The fourth-order valence-electron chi connectivity index (χ4n) is 2.12. The fraction of sp³-hybridized carbons (Fsp3) is 0.846. The monoisotopic (exact) mass is 256 g/mol. The summed E-state index contributed by atoms with van der Waals surface area (Å²) in [5.41, 5.74) is 0.314. The smallest absolute Gasteiger partial charge is 0.320 e. The van der Waals surface area contributed by atoms with Crippen LogP contribution >= 0.6 is 0 Å². The van der Waals surface area contributed by atoms with Crippen molar-refractivity contribution in [2.24, 2.45) is 5.41 Å². The summed E-state index contributed by atoms with van der Waals surface area (Å²) in [6, 6.07) is -0.0192. The lowest BCUT2D eigenvalue weighted by molar-refractivity contribution is -0.137. The van der Waals surface area contributed by atoms with Crippen molar-refractivity contribution < 1.29 is 14.7 Å². The number of rotatable bonds is 4. The molecule has 0 atom stereocenters. The summed E-state index contributed by atoms with van der Waals surface area (Å²) in [6.07, 6.45) is 2.03. The Labute approximate surface area is 109 Å². The SMILES string of the molecule is CCN(CCC(=O)O)C(=O)N1CCC(C)(C)CC1. The molecule has 0 aromatic heterocycles. The molecule has 2 amide bonds. The minimum absolute atomic E-state index is 0.0128. The molecule has 1 fully saturated rings. The van der Waals surface area contributed by atoms with E-state index in [4.69, 9.17) is 5.11 Å². The van der Waals surface area contributed by atoms with E-state index in [9.17, 15) is 9.59 Å². The van der Waals surface area contributed by atoms with Crippen molar-refractivity contribution >= 4 is 12.0 Å². The first-order valence-electron chi connectivity index (χ1n) is 6.61. The van der Waals surface area contributed by atoms with Gasteiger partial charge in [-0.15, -0.1) is 0 Å². The van der Waals surface area contributed by atoms with E-state index in [1.807, 2.05) is 11.8 Å². The largest absolute Gasteiger partial charge is 0.481 e. The Morgan fingerprint density at radius 3 is 2.28 bits per heavy atom. The number of hydrogen-bond donors (Lipinski definition) is 1. The lowest BCUT2D eigenvalue weighted by Gasteiger charge is -2.39. The van der Waals surface area contributed by atoms with Crippen LogP contribution in [0.2, 0.25) is 0 Å². The van der Waals surface area contributed by atoms with E-state index in [1.165, 1.54) is 0 Å². The minimum Gasteiger partial charge on any atom is -0.481 e. The molecule has 1 aliphatic rings. The van der Waals surface area contributed by atoms with Crippen molar-refractivity contribution in [1.82, 2.24) is 9.80 Å². The number of hydrogen-bond acceptors (Lipinski definition) is 2. The Hall–Kier alpha value is -1.26. The molecule has 0 unspecified atom stereocenters. The highest BCUT2D eigenvalue weighted by atomic mass is 16.4. The second kappa shape index (κ2) is 6.07. The number of piperidine rings is 1. The molecule has 0 radical (unpaired) electrons. The molecule has 104 valence electrons. The molecule has 0 aromatic rings. The highest BCUT2D eigenvalue weighted by molar-refractivity contribution is 5.75. The normalized spacial score (nSPS) is 18.5. The van der Waals surface area contributed by atoms with Crippen molar-refractivity contribution in [3.8, 4) is 0 Å². The first-order valence-corrected chi connectivity index (χ1v) is 6.61. The van der Waals surface area contributed by atoms with Gasteiger partial charge in [0, 0.05) is 26.2 Å². The van der Waals surface area contributed by atoms with Gasteiger partial charge >= 0.3 is 12.0 Å². The Kier molecular flexibility index (Phi) is 4.99. The van der Waals surface area contributed by atoms with Gasteiger partial charge in [0.2, 0.25) is 0 Å². The van der Waals surface area contributed by atoms with E-state index in [-0.39, 0.29) is 12.5 Å². The van der Waals surface area contributed by atoms with Crippen molar-refractivity contribution in [1.29, 1.82) is 0 Å². The topological polar surface area (TPSA) is 60.9 Å². The van der Waals surface area contributed by atoms with Crippen LogP contribution in [0.5, 0.6) is 0 Å². The summed E-state index contributed by atoms with van der Waals surface area (Å²) in [5.74, 6) is -0.860. The van der Waals surface area contributed by atoms with Gasteiger partial charge in [0.15, 0.2) is 0 Å². The summed E-state index contributed by atoms with van der Waals surface area (Å²) >= 11 is 0. The van der Waals surface area contributed by atoms with Crippen LogP contribution in [-0.4, -0.2) is 53.1 Å². The van der Waals surface area contributed by atoms with E-state index in [0.717, 1.165) is 25.9 Å². The van der Waals surface area contributed by atoms with Crippen molar-refractivity contribution in [3.63, 3.8) is 0 Å². The molecule has 0 saturated carbocycles. The second-order valence-corrected chi connectivity index (χ2v) is 5.66. The van der Waals surface area contributed by atoms with Gasteiger partial charge < -0.3 is 14.9 Å². The third-order valence-electron chi connectivity index (χ3n) is 3.64. The lowest BCUT2D eigenvalue weighted by Crippen LogP contribution is -2.48. The number of nitrogens with zero attached hydrogens (tertiary/aromatic N) is 2. The lowest BCUT2D eigenvalue weighted by atomic mass is 9.83. The zero-order valence-electron chi connectivity index (χ0n) is 11.6. The van der Waals surface area contributed by atoms with Gasteiger partial charge in [-0.3, -0.25) is 4.79 Å².